The molecule has 0 aliphatic heterocycles. The molecule has 1 atom stereocenters. The summed E-state index contributed by atoms with van der Waals surface area (Å²) in [6.07, 6.45) is 0.904. The molecule has 7 heteroatoms. The van der Waals surface area contributed by atoms with Crippen LogP contribution in [0.5, 0.6) is 5.75 Å². The Morgan fingerprint density at radius 2 is 1.80 bits per heavy atom. The fraction of sp³-hybridized carbons (Fsp3) is 0.391. The van der Waals surface area contributed by atoms with E-state index in [0.717, 1.165) is 35.8 Å². The lowest BCUT2D eigenvalue weighted by molar-refractivity contribution is 0.0939. The topological polar surface area (TPSA) is 74.8 Å². The number of methoxy groups -OCH3 is 1. The number of hydrogen-bond donors (Lipinski definition) is 3. The van der Waals surface area contributed by atoms with E-state index in [2.05, 4.69) is 27.9 Å². The molecule has 3 N–H and O–H groups in total. The van der Waals surface area contributed by atoms with Crippen LogP contribution in [0, 0.1) is 0 Å². The van der Waals surface area contributed by atoms with E-state index in [4.69, 9.17) is 4.74 Å². The number of halogens is 1. The van der Waals surface area contributed by atoms with Gasteiger partial charge in [-0.3, -0.25) is 4.79 Å². The van der Waals surface area contributed by atoms with Crippen LogP contribution in [0.2, 0.25) is 0 Å². The first-order valence-electron chi connectivity index (χ1n) is 10.1. The third-order valence-corrected chi connectivity index (χ3v) is 4.54. The van der Waals surface area contributed by atoms with Crippen molar-refractivity contribution in [3.05, 3.63) is 65.2 Å². The smallest absolute Gasteiger partial charge is 0.251 e. The molecule has 1 unspecified atom stereocenters. The molecule has 164 valence electrons. The molecule has 1 amide bonds. The van der Waals surface area contributed by atoms with Crippen LogP contribution in [0.15, 0.2) is 53.5 Å². The number of rotatable bonds is 9. The maximum absolute atomic E-state index is 12.3. The van der Waals surface area contributed by atoms with E-state index in [1.807, 2.05) is 62.4 Å². The van der Waals surface area contributed by atoms with Gasteiger partial charge in [-0.1, -0.05) is 31.2 Å². The molecule has 0 aliphatic rings. The highest BCUT2D eigenvalue weighted by Gasteiger charge is 2.09. The quantitative estimate of drug-likeness (QED) is 0.263. The van der Waals surface area contributed by atoms with Gasteiger partial charge in [0.25, 0.3) is 5.91 Å². The average Bonchev–Trinajstić information content (AvgIpc) is 2.75. The lowest BCUT2D eigenvalue weighted by atomic mass is 10.1. The van der Waals surface area contributed by atoms with Crippen LogP contribution in [0.3, 0.4) is 0 Å². The van der Waals surface area contributed by atoms with Gasteiger partial charge in [0.05, 0.1) is 13.7 Å². The maximum atomic E-state index is 12.3. The van der Waals surface area contributed by atoms with Crippen LogP contribution in [0.4, 0.5) is 0 Å². The molecular formula is C23H33IN4O2. The van der Waals surface area contributed by atoms with Crippen molar-refractivity contribution in [2.45, 2.75) is 46.3 Å². The van der Waals surface area contributed by atoms with Gasteiger partial charge in [-0.25, -0.2) is 4.99 Å². The molecule has 0 saturated carbocycles. The van der Waals surface area contributed by atoms with Crippen molar-refractivity contribution < 1.29 is 9.53 Å². The maximum Gasteiger partial charge on any atom is 0.251 e. The summed E-state index contributed by atoms with van der Waals surface area (Å²) in [6, 6.07) is 15.7. The average molecular weight is 524 g/mol. The second-order valence-corrected chi connectivity index (χ2v) is 6.88. The van der Waals surface area contributed by atoms with E-state index in [0.29, 0.717) is 18.7 Å². The number of nitrogens with one attached hydrogen (secondary N) is 3. The number of ether oxygens (including phenoxy) is 1. The summed E-state index contributed by atoms with van der Waals surface area (Å²) in [4.78, 5) is 17.0. The first-order valence-corrected chi connectivity index (χ1v) is 10.1. The van der Waals surface area contributed by atoms with Gasteiger partial charge in [-0.05, 0) is 55.7 Å². The predicted octanol–water partition coefficient (Wildman–Crippen LogP) is 4.10. The third-order valence-electron chi connectivity index (χ3n) is 4.54. The van der Waals surface area contributed by atoms with Crippen LogP contribution in [0.1, 0.15) is 48.7 Å². The van der Waals surface area contributed by atoms with E-state index >= 15 is 0 Å². The van der Waals surface area contributed by atoms with Crippen molar-refractivity contribution in [1.29, 1.82) is 0 Å². The second kappa shape index (κ2) is 13.8. The molecule has 0 aromatic heterocycles. The van der Waals surface area contributed by atoms with Crippen molar-refractivity contribution in [3.8, 4) is 5.75 Å². The number of aliphatic imine (C=N–C) groups is 1. The Hall–Kier alpha value is -2.29. The Labute approximate surface area is 196 Å². The molecule has 0 spiro atoms. The fourth-order valence-corrected chi connectivity index (χ4v) is 2.70. The van der Waals surface area contributed by atoms with E-state index in [-0.39, 0.29) is 35.9 Å². The van der Waals surface area contributed by atoms with Crippen molar-refractivity contribution >= 4 is 35.8 Å². The van der Waals surface area contributed by atoms with Crippen molar-refractivity contribution in [3.63, 3.8) is 0 Å². The Morgan fingerprint density at radius 3 is 2.50 bits per heavy atom. The van der Waals surface area contributed by atoms with Crippen LogP contribution >= 0.6 is 24.0 Å². The number of hydrogen-bond acceptors (Lipinski definition) is 3. The molecule has 0 aliphatic carbocycles. The highest BCUT2D eigenvalue weighted by Crippen LogP contribution is 2.12. The van der Waals surface area contributed by atoms with Crippen molar-refractivity contribution in [1.82, 2.24) is 16.0 Å². The molecule has 0 fully saturated rings. The van der Waals surface area contributed by atoms with Crippen LogP contribution in [-0.2, 0) is 13.1 Å². The molecular weight excluding hydrogens is 491 g/mol. The molecule has 2 rings (SSSR count). The van der Waals surface area contributed by atoms with E-state index in [1.165, 1.54) is 0 Å². The Bertz CT molecular complexity index is 826. The van der Waals surface area contributed by atoms with Gasteiger partial charge in [0.15, 0.2) is 5.96 Å². The summed E-state index contributed by atoms with van der Waals surface area (Å²) in [5, 5.41) is 9.58. The normalized spacial score (nSPS) is 11.8. The SMILES string of the molecule is CCNC(=NCc1cccc(C(=O)NC(C)CC)c1)NCc1cccc(OC)c1.I. The minimum atomic E-state index is -0.0479. The Kier molecular flexibility index (Phi) is 11.9. The van der Waals surface area contributed by atoms with Gasteiger partial charge < -0.3 is 20.7 Å². The first kappa shape index (κ1) is 25.7. The van der Waals surface area contributed by atoms with E-state index < -0.39 is 0 Å². The molecule has 2 aromatic rings. The minimum Gasteiger partial charge on any atom is -0.497 e. The van der Waals surface area contributed by atoms with E-state index in [1.54, 1.807) is 7.11 Å². The number of carbonyl (C=O) groups excluding carboxylic acids is 1. The van der Waals surface area contributed by atoms with Gasteiger partial charge in [-0.2, -0.15) is 0 Å². The molecule has 30 heavy (non-hydrogen) atoms. The number of benzene rings is 2. The Balaban J connectivity index is 0.00000450. The number of carbonyl (C=O) groups is 1. The summed E-state index contributed by atoms with van der Waals surface area (Å²) in [7, 11) is 1.66. The van der Waals surface area contributed by atoms with Crippen molar-refractivity contribution in [2.75, 3.05) is 13.7 Å². The van der Waals surface area contributed by atoms with Gasteiger partial charge in [-0.15, -0.1) is 24.0 Å². The largest absolute Gasteiger partial charge is 0.497 e. The molecule has 6 nitrogen and oxygen atoms in total. The summed E-state index contributed by atoms with van der Waals surface area (Å²) >= 11 is 0. The third kappa shape index (κ3) is 8.61. The molecule has 0 saturated heterocycles. The zero-order chi connectivity index (χ0) is 21.1. The fourth-order valence-electron chi connectivity index (χ4n) is 2.70. The van der Waals surface area contributed by atoms with Crippen LogP contribution < -0.4 is 20.7 Å². The van der Waals surface area contributed by atoms with Gasteiger partial charge >= 0.3 is 0 Å². The summed E-state index contributed by atoms with van der Waals surface area (Å²) in [6.45, 7) is 7.97. The highest BCUT2D eigenvalue weighted by molar-refractivity contribution is 14.0. The highest BCUT2D eigenvalue weighted by atomic mass is 127. The van der Waals surface area contributed by atoms with Gasteiger partial charge in [0.1, 0.15) is 5.75 Å². The van der Waals surface area contributed by atoms with Gasteiger partial charge in [0.2, 0.25) is 0 Å². The van der Waals surface area contributed by atoms with E-state index in [9.17, 15) is 4.79 Å². The first-order chi connectivity index (χ1) is 14.0. The zero-order valence-corrected chi connectivity index (χ0v) is 20.5. The summed E-state index contributed by atoms with van der Waals surface area (Å²) in [5.41, 5.74) is 2.76. The van der Waals surface area contributed by atoms with Crippen LogP contribution in [0.25, 0.3) is 0 Å². The zero-order valence-electron chi connectivity index (χ0n) is 18.2. The molecule has 2 aromatic carbocycles. The number of guanidine groups is 1. The molecule has 0 bridgehead atoms. The predicted molar refractivity (Wildman–Crippen MR) is 134 cm³/mol. The number of nitrogens with zero attached hydrogens (tertiary/aromatic N) is 1. The lowest BCUT2D eigenvalue weighted by Crippen LogP contribution is -2.36. The lowest BCUT2D eigenvalue weighted by Gasteiger charge is -2.13. The van der Waals surface area contributed by atoms with Crippen molar-refractivity contribution in [2.24, 2.45) is 4.99 Å². The van der Waals surface area contributed by atoms with Crippen LogP contribution in [-0.4, -0.2) is 31.6 Å². The minimum absolute atomic E-state index is 0. The monoisotopic (exact) mass is 524 g/mol. The molecule has 0 heterocycles. The standard InChI is InChI=1S/C23H32N4O2.HI/c1-5-17(3)27-22(28)20-11-7-9-18(13-20)15-25-23(24-6-2)26-16-19-10-8-12-21(14-19)29-4;/h7-14,17H,5-6,15-16H2,1-4H3,(H,27,28)(H2,24,25,26);1H. The number of amides is 1. The van der Waals surface area contributed by atoms with Gasteiger partial charge in [0, 0.05) is 24.7 Å². The Morgan fingerprint density at radius 1 is 1.07 bits per heavy atom. The summed E-state index contributed by atoms with van der Waals surface area (Å²) < 4.78 is 5.27. The summed E-state index contributed by atoms with van der Waals surface area (Å²) in [5.74, 6) is 1.51. The second-order valence-electron chi connectivity index (χ2n) is 6.88. The molecule has 0 radical (unpaired) electrons.